The highest BCUT2D eigenvalue weighted by Gasteiger charge is 2.12. The SMILES string of the molecule is CC#CC#Cc1ccc(-c2cc(Cn3ccnc3C(C)O)no2)nc1. The summed E-state index contributed by atoms with van der Waals surface area (Å²) < 4.78 is 7.20. The maximum atomic E-state index is 9.70. The van der Waals surface area contributed by atoms with E-state index in [4.69, 9.17) is 4.52 Å². The van der Waals surface area contributed by atoms with Crippen LogP contribution in [0.3, 0.4) is 0 Å². The molecule has 0 saturated heterocycles. The molecule has 3 rings (SSSR count). The number of hydrogen-bond donors (Lipinski definition) is 1. The summed E-state index contributed by atoms with van der Waals surface area (Å²) in [4.78, 5) is 8.48. The first-order valence-corrected chi connectivity index (χ1v) is 7.71. The van der Waals surface area contributed by atoms with Crippen molar-refractivity contribution < 1.29 is 9.63 Å². The van der Waals surface area contributed by atoms with Gasteiger partial charge in [0.25, 0.3) is 0 Å². The molecule has 6 nitrogen and oxygen atoms in total. The zero-order chi connectivity index (χ0) is 17.6. The van der Waals surface area contributed by atoms with E-state index in [0.29, 0.717) is 23.8 Å². The van der Waals surface area contributed by atoms with E-state index >= 15 is 0 Å². The molecule has 0 aromatic carbocycles. The maximum Gasteiger partial charge on any atom is 0.185 e. The van der Waals surface area contributed by atoms with Crippen LogP contribution in [0.25, 0.3) is 11.5 Å². The smallest absolute Gasteiger partial charge is 0.185 e. The normalized spacial score (nSPS) is 11.2. The van der Waals surface area contributed by atoms with Crippen LogP contribution in [0.1, 0.15) is 37.0 Å². The topological polar surface area (TPSA) is 77.0 Å². The van der Waals surface area contributed by atoms with Gasteiger partial charge in [-0.25, -0.2) is 4.98 Å². The zero-order valence-corrected chi connectivity index (χ0v) is 13.9. The fourth-order valence-electron chi connectivity index (χ4n) is 2.28. The second-order valence-electron chi connectivity index (χ2n) is 5.33. The molecule has 0 saturated carbocycles. The van der Waals surface area contributed by atoms with Crippen LogP contribution in [0.2, 0.25) is 0 Å². The van der Waals surface area contributed by atoms with E-state index in [1.807, 2.05) is 22.8 Å². The molecule has 124 valence electrons. The molecule has 0 amide bonds. The lowest BCUT2D eigenvalue weighted by molar-refractivity contribution is 0.184. The number of imidazole rings is 1. The van der Waals surface area contributed by atoms with Gasteiger partial charge in [-0.2, -0.15) is 0 Å². The summed E-state index contributed by atoms with van der Waals surface area (Å²) in [5.41, 5.74) is 2.18. The first kappa shape index (κ1) is 16.5. The number of aliphatic hydroxyl groups excluding tert-OH is 1. The van der Waals surface area contributed by atoms with Gasteiger partial charge in [-0.15, -0.1) is 0 Å². The van der Waals surface area contributed by atoms with Gasteiger partial charge in [0.1, 0.15) is 23.3 Å². The van der Waals surface area contributed by atoms with Crippen molar-refractivity contribution in [3.63, 3.8) is 0 Å². The molecule has 3 aromatic heterocycles. The summed E-state index contributed by atoms with van der Waals surface area (Å²) in [6, 6.07) is 5.50. The molecular formula is C19H16N4O2. The summed E-state index contributed by atoms with van der Waals surface area (Å²) in [5.74, 6) is 12.2. The van der Waals surface area contributed by atoms with Crippen molar-refractivity contribution in [2.45, 2.75) is 26.5 Å². The molecule has 3 heterocycles. The van der Waals surface area contributed by atoms with Crippen molar-refractivity contribution >= 4 is 0 Å². The van der Waals surface area contributed by atoms with E-state index in [1.165, 1.54) is 0 Å². The first-order valence-electron chi connectivity index (χ1n) is 7.71. The molecule has 0 aliphatic carbocycles. The molecule has 3 aromatic rings. The third kappa shape index (κ3) is 3.95. The zero-order valence-electron chi connectivity index (χ0n) is 13.9. The largest absolute Gasteiger partial charge is 0.385 e. The molecular weight excluding hydrogens is 316 g/mol. The van der Waals surface area contributed by atoms with Crippen molar-refractivity contribution in [3.8, 4) is 35.1 Å². The fraction of sp³-hybridized carbons (Fsp3) is 0.211. The molecule has 1 N–H and O–H groups in total. The van der Waals surface area contributed by atoms with E-state index in [-0.39, 0.29) is 0 Å². The van der Waals surface area contributed by atoms with Crippen molar-refractivity contribution in [2.75, 3.05) is 0 Å². The number of aromatic nitrogens is 4. The van der Waals surface area contributed by atoms with Crippen molar-refractivity contribution in [2.24, 2.45) is 0 Å². The quantitative estimate of drug-likeness (QED) is 0.743. The van der Waals surface area contributed by atoms with Gasteiger partial charge in [0.2, 0.25) is 0 Å². The van der Waals surface area contributed by atoms with Gasteiger partial charge in [0.15, 0.2) is 5.76 Å². The minimum absolute atomic E-state index is 0.461. The summed E-state index contributed by atoms with van der Waals surface area (Å²) in [7, 11) is 0. The minimum atomic E-state index is -0.644. The molecule has 1 unspecified atom stereocenters. The van der Waals surface area contributed by atoms with Gasteiger partial charge in [-0.05, 0) is 37.8 Å². The second kappa shape index (κ2) is 7.48. The Bertz CT molecular complexity index is 976. The lowest BCUT2D eigenvalue weighted by Crippen LogP contribution is -2.07. The molecule has 0 spiro atoms. The van der Waals surface area contributed by atoms with E-state index in [9.17, 15) is 5.11 Å². The van der Waals surface area contributed by atoms with E-state index < -0.39 is 6.10 Å². The summed E-state index contributed by atoms with van der Waals surface area (Å²) in [6.07, 6.45) is 4.46. The Kier molecular flexibility index (Phi) is 4.94. The maximum absolute atomic E-state index is 9.70. The number of aliphatic hydroxyl groups is 1. The van der Waals surface area contributed by atoms with Crippen molar-refractivity contribution in [1.82, 2.24) is 19.7 Å². The van der Waals surface area contributed by atoms with Crippen LogP contribution < -0.4 is 0 Å². The standard InChI is InChI=1S/C19H16N4O2/c1-3-4-5-6-15-7-8-17(21-12-15)18-11-16(22-25-18)13-23-10-9-20-19(23)14(2)24/h7-12,14,24H,13H2,1-2H3. The highest BCUT2D eigenvalue weighted by Crippen LogP contribution is 2.19. The van der Waals surface area contributed by atoms with E-state index in [1.54, 1.807) is 32.4 Å². The summed E-state index contributed by atoms with van der Waals surface area (Å²) in [5, 5.41) is 13.8. The number of nitrogens with zero attached hydrogens (tertiary/aromatic N) is 4. The van der Waals surface area contributed by atoms with Crippen LogP contribution in [0, 0.1) is 23.7 Å². The Balaban J connectivity index is 1.76. The van der Waals surface area contributed by atoms with Crippen LogP contribution in [-0.4, -0.2) is 24.8 Å². The first-order chi connectivity index (χ1) is 12.2. The van der Waals surface area contributed by atoms with Gasteiger partial charge in [0.05, 0.1) is 6.54 Å². The fourth-order valence-corrected chi connectivity index (χ4v) is 2.28. The summed E-state index contributed by atoms with van der Waals surface area (Å²) >= 11 is 0. The molecule has 1 atom stereocenters. The summed E-state index contributed by atoms with van der Waals surface area (Å²) in [6.45, 7) is 3.88. The second-order valence-corrected chi connectivity index (χ2v) is 5.33. The van der Waals surface area contributed by atoms with Crippen LogP contribution in [0.15, 0.2) is 41.3 Å². The average molecular weight is 332 g/mol. The number of rotatable bonds is 4. The van der Waals surface area contributed by atoms with Gasteiger partial charge >= 0.3 is 0 Å². The Morgan fingerprint density at radius 2 is 2.16 bits per heavy atom. The predicted octanol–water partition coefficient (Wildman–Crippen LogP) is 2.41. The molecule has 25 heavy (non-hydrogen) atoms. The third-order valence-electron chi connectivity index (χ3n) is 3.42. The average Bonchev–Trinajstić information content (AvgIpc) is 3.26. The Morgan fingerprint density at radius 1 is 1.28 bits per heavy atom. The lowest BCUT2D eigenvalue weighted by atomic mass is 10.2. The lowest BCUT2D eigenvalue weighted by Gasteiger charge is -2.07. The number of hydrogen-bond acceptors (Lipinski definition) is 5. The molecule has 6 heteroatoms. The van der Waals surface area contributed by atoms with Gasteiger partial charge in [0, 0.05) is 30.2 Å². The van der Waals surface area contributed by atoms with Gasteiger partial charge in [-0.3, -0.25) is 4.98 Å². The highest BCUT2D eigenvalue weighted by molar-refractivity contribution is 5.53. The molecule has 0 radical (unpaired) electrons. The van der Waals surface area contributed by atoms with E-state index in [0.717, 1.165) is 11.3 Å². The van der Waals surface area contributed by atoms with Crippen LogP contribution in [0.5, 0.6) is 0 Å². The van der Waals surface area contributed by atoms with Crippen molar-refractivity contribution in [1.29, 1.82) is 0 Å². The number of pyridine rings is 1. The molecule has 0 aliphatic heterocycles. The molecule has 0 fully saturated rings. The monoisotopic (exact) mass is 332 g/mol. The minimum Gasteiger partial charge on any atom is -0.385 e. The third-order valence-corrected chi connectivity index (χ3v) is 3.42. The Morgan fingerprint density at radius 3 is 2.88 bits per heavy atom. The molecule has 0 aliphatic rings. The van der Waals surface area contributed by atoms with Crippen LogP contribution in [-0.2, 0) is 6.54 Å². The Hall–Kier alpha value is -3.35. The van der Waals surface area contributed by atoms with Crippen molar-refractivity contribution in [3.05, 3.63) is 53.9 Å². The molecule has 0 bridgehead atoms. The predicted molar refractivity (Wildman–Crippen MR) is 92.0 cm³/mol. The van der Waals surface area contributed by atoms with E-state index in [2.05, 4.69) is 38.8 Å². The highest BCUT2D eigenvalue weighted by atomic mass is 16.5. The van der Waals surface area contributed by atoms with Crippen LogP contribution in [0.4, 0.5) is 0 Å². The Labute approximate surface area is 145 Å². The van der Waals surface area contributed by atoms with Crippen LogP contribution >= 0.6 is 0 Å². The van der Waals surface area contributed by atoms with Gasteiger partial charge < -0.3 is 14.2 Å². The van der Waals surface area contributed by atoms with Gasteiger partial charge in [-0.1, -0.05) is 17.0 Å².